The zero-order chi connectivity index (χ0) is 18.2. The molecule has 0 unspecified atom stereocenters. The zero-order valence-electron chi connectivity index (χ0n) is 16.1. The predicted octanol–water partition coefficient (Wildman–Crippen LogP) is 3.57. The third-order valence-corrected chi connectivity index (χ3v) is 4.51. The molecule has 1 N–H and O–H groups in total. The van der Waals surface area contributed by atoms with Gasteiger partial charge >= 0.3 is 0 Å². The highest BCUT2D eigenvalue weighted by Crippen LogP contribution is 2.32. The lowest BCUT2D eigenvalue weighted by Gasteiger charge is -2.23. The number of nitrogens with one attached hydrogen (secondary N) is 1. The van der Waals surface area contributed by atoms with Crippen LogP contribution in [0.5, 0.6) is 0 Å². The molecule has 6 heteroatoms. The third kappa shape index (κ3) is 4.00. The van der Waals surface area contributed by atoms with Crippen molar-refractivity contribution in [2.45, 2.75) is 64.5 Å². The Morgan fingerprint density at radius 3 is 2.64 bits per heavy atom. The van der Waals surface area contributed by atoms with E-state index in [1.54, 1.807) is 0 Å². The van der Waals surface area contributed by atoms with Crippen molar-refractivity contribution < 1.29 is 4.74 Å². The molecule has 0 amide bonds. The van der Waals surface area contributed by atoms with Crippen LogP contribution in [0.15, 0.2) is 18.5 Å². The second-order valence-electron chi connectivity index (χ2n) is 8.18. The van der Waals surface area contributed by atoms with Crippen molar-refractivity contribution in [1.29, 1.82) is 0 Å². The first-order valence-electron chi connectivity index (χ1n) is 9.00. The average Bonchev–Trinajstić information content (AvgIpc) is 3.14. The summed E-state index contributed by atoms with van der Waals surface area (Å²) in [6, 6.07) is 2.26. The van der Waals surface area contributed by atoms with Crippen molar-refractivity contribution >= 4 is 5.82 Å². The Morgan fingerprint density at radius 1 is 1.28 bits per heavy atom. The fraction of sp³-hybridized carbons (Fsp3) is 0.632. The SMILES string of the molecule is CC(C)c1nc(N[C@H]2CCO[C@@H]2c2cnn(C)c2)cc(C(C)(C)C)n1. The number of anilines is 1. The molecule has 1 saturated heterocycles. The lowest BCUT2D eigenvalue weighted by Crippen LogP contribution is -2.25. The van der Waals surface area contributed by atoms with Crippen molar-refractivity contribution in [2.24, 2.45) is 7.05 Å². The van der Waals surface area contributed by atoms with Crippen LogP contribution in [0.2, 0.25) is 0 Å². The molecule has 2 atom stereocenters. The number of hydrogen-bond donors (Lipinski definition) is 1. The van der Waals surface area contributed by atoms with E-state index in [0.717, 1.165) is 35.9 Å². The summed E-state index contributed by atoms with van der Waals surface area (Å²) in [4.78, 5) is 9.51. The summed E-state index contributed by atoms with van der Waals surface area (Å²) in [6.07, 6.45) is 4.85. The van der Waals surface area contributed by atoms with E-state index in [-0.39, 0.29) is 23.5 Å². The lowest BCUT2D eigenvalue weighted by molar-refractivity contribution is 0.107. The van der Waals surface area contributed by atoms with Crippen LogP contribution in [0.3, 0.4) is 0 Å². The Kier molecular flexibility index (Phi) is 4.82. The minimum atomic E-state index is -0.0159. The zero-order valence-corrected chi connectivity index (χ0v) is 16.1. The highest BCUT2D eigenvalue weighted by molar-refractivity contribution is 5.40. The molecule has 25 heavy (non-hydrogen) atoms. The Bertz CT molecular complexity index is 732. The Balaban J connectivity index is 1.87. The number of aromatic nitrogens is 4. The summed E-state index contributed by atoms with van der Waals surface area (Å²) in [6.45, 7) is 11.5. The maximum atomic E-state index is 5.95. The molecular weight excluding hydrogens is 314 g/mol. The van der Waals surface area contributed by atoms with Gasteiger partial charge in [0, 0.05) is 42.8 Å². The van der Waals surface area contributed by atoms with E-state index in [2.05, 4.69) is 51.1 Å². The van der Waals surface area contributed by atoms with Gasteiger partial charge in [0.05, 0.1) is 17.9 Å². The molecule has 1 fully saturated rings. The molecule has 0 spiro atoms. The van der Waals surface area contributed by atoms with Crippen LogP contribution in [0.1, 0.15) is 70.1 Å². The van der Waals surface area contributed by atoms with Crippen LogP contribution in [-0.4, -0.2) is 32.4 Å². The molecule has 6 nitrogen and oxygen atoms in total. The maximum Gasteiger partial charge on any atom is 0.133 e. The minimum absolute atomic E-state index is 0.00394. The summed E-state index contributed by atoms with van der Waals surface area (Å²) in [7, 11) is 1.93. The van der Waals surface area contributed by atoms with Crippen molar-refractivity contribution in [3.63, 3.8) is 0 Å². The third-order valence-electron chi connectivity index (χ3n) is 4.51. The van der Waals surface area contributed by atoms with Crippen LogP contribution < -0.4 is 5.32 Å². The molecule has 1 aliphatic rings. The van der Waals surface area contributed by atoms with Gasteiger partial charge in [-0.25, -0.2) is 9.97 Å². The lowest BCUT2D eigenvalue weighted by atomic mass is 9.91. The van der Waals surface area contributed by atoms with Gasteiger partial charge in [-0.1, -0.05) is 34.6 Å². The highest BCUT2D eigenvalue weighted by atomic mass is 16.5. The van der Waals surface area contributed by atoms with E-state index in [4.69, 9.17) is 14.7 Å². The van der Waals surface area contributed by atoms with Crippen LogP contribution in [0.25, 0.3) is 0 Å². The standard InChI is InChI=1S/C19H29N5O/c1-12(2)18-22-15(19(3,4)5)9-16(23-18)21-14-7-8-25-17(14)13-10-20-24(6)11-13/h9-12,14,17H,7-8H2,1-6H3,(H,21,22,23)/t14-,17+/m0/s1. The van der Waals surface area contributed by atoms with Gasteiger partial charge in [0.2, 0.25) is 0 Å². The second-order valence-corrected chi connectivity index (χ2v) is 8.18. The first kappa shape index (κ1) is 17.9. The molecule has 1 aliphatic heterocycles. The molecule has 3 heterocycles. The van der Waals surface area contributed by atoms with Crippen molar-refractivity contribution in [3.8, 4) is 0 Å². The van der Waals surface area contributed by atoms with E-state index in [0.29, 0.717) is 0 Å². The minimum Gasteiger partial charge on any atom is -0.371 e. The Hall–Kier alpha value is -1.95. The summed E-state index contributed by atoms with van der Waals surface area (Å²) < 4.78 is 7.77. The summed E-state index contributed by atoms with van der Waals surface area (Å²) >= 11 is 0. The quantitative estimate of drug-likeness (QED) is 0.919. The molecule has 3 rings (SSSR count). The van der Waals surface area contributed by atoms with Gasteiger partial charge in [0.15, 0.2) is 0 Å². The molecule has 0 radical (unpaired) electrons. The Labute approximate surface area is 150 Å². The topological polar surface area (TPSA) is 64.9 Å². The first-order chi connectivity index (χ1) is 11.7. The van der Waals surface area contributed by atoms with E-state index >= 15 is 0 Å². The van der Waals surface area contributed by atoms with E-state index in [1.807, 2.05) is 24.1 Å². The molecule has 136 valence electrons. The van der Waals surface area contributed by atoms with Crippen LogP contribution in [-0.2, 0) is 17.2 Å². The summed E-state index contributed by atoms with van der Waals surface area (Å²) in [5.41, 5.74) is 2.15. The van der Waals surface area contributed by atoms with Gasteiger partial charge in [0.25, 0.3) is 0 Å². The van der Waals surface area contributed by atoms with E-state index < -0.39 is 0 Å². The summed E-state index contributed by atoms with van der Waals surface area (Å²) in [5, 5.41) is 7.86. The summed E-state index contributed by atoms with van der Waals surface area (Å²) in [5.74, 6) is 2.05. The maximum absolute atomic E-state index is 5.95. The molecule has 0 saturated carbocycles. The van der Waals surface area contributed by atoms with E-state index in [1.165, 1.54) is 0 Å². The first-order valence-corrected chi connectivity index (χ1v) is 9.00. The smallest absolute Gasteiger partial charge is 0.133 e. The van der Waals surface area contributed by atoms with Gasteiger partial charge in [-0.3, -0.25) is 4.68 Å². The average molecular weight is 343 g/mol. The predicted molar refractivity (Wildman–Crippen MR) is 98.7 cm³/mol. The van der Waals surface area contributed by atoms with Gasteiger partial charge in [-0.15, -0.1) is 0 Å². The van der Waals surface area contributed by atoms with Gasteiger partial charge in [-0.2, -0.15) is 5.10 Å². The monoisotopic (exact) mass is 343 g/mol. The molecular formula is C19H29N5O. The fourth-order valence-corrected chi connectivity index (χ4v) is 3.03. The van der Waals surface area contributed by atoms with Crippen molar-refractivity contribution in [2.75, 3.05) is 11.9 Å². The van der Waals surface area contributed by atoms with Gasteiger partial charge in [-0.05, 0) is 6.42 Å². The Morgan fingerprint density at radius 2 is 2.04 bits per heavy atom. The molecule has 0 aromatic carbocycles. The second kappa shape index (κ2) is 6.75. The molecule has 0 aliphatic carbocycles. The van der Waals surface area contributed by atoms with Gasteiger partial charge < -0.3 is 10.1 Å². The molecule has 0 bridgehead atoms. The molecule has 2 aromatic rings. The number of ether oxygens (including phenoxy) is 1. The van der Waals surface area contributed by atoms with Crippen LogP contribution in [0, 0.1) is 0 Å². The largest absolute Gasteiger partial charge is 0.371 e. The fourth-order valence-electron chi connectivity index (χ4n) is 3.03. The number of aryl methyl sites for hydroxylation is 1. The highest BCUT2D eigenvalue weighted by Gasteiger charge is 2.31. The van der Waals surface area contributed by atoms with Crippen molar-refractivity contribution in [3.05, 3.63) is 35.5 Å². The van der Waals surface area contributed by atoms with Crippen LogP contribution in [0.4, 0.5) is 5.82 Å². The number of hydrogen-bond acceptors (Lipinski definition) is 5. The normalized spacial score (nSPS) is 21.1. The van der Waals surface area contributed by atoms with Gasteiger partial charge in [0.1, 0.15) is 17.7 Å². The van der Waals surface area contributed by atoms with E-state index in [9.17, 15) is 0 Å². The number of nitrogens with zero attached hydrogens (tertiary/aromatic N) is 4. The number of rotatable bonds is 4. The van der Waals surface area contributed by atoms with Crippen LogP contribution >= 0.6 is 0 Å². The van der Waals surface area contributed by atoms with Crippen molar-refractivity contribution in [1.82, 2.24) is 19.7 Å². The molecule has 2 aromatic heterocycles.